The smallest absolute Gasteiger partial charge is 0.328 e. The summed E-state index contributed by atoms with van der Waals surface area (Å²) in [6.45, 7) is 3.14. The van der Waals surface area contributed by atoms with Crippen molar-refractivity contribution in [2.75, 3.05) is 0 Å². The van der Waals surface area contributed by atoms with Gasteiger partial charge in [-0.3, -0.25) is 4.79 Å². The number of aliphatic hydroxyl groups excluding tert-OH is 1. The monoisotopic (exact) mass is 189 g/mol. The number of carboxylic acids is 1. The maximum absolute atomic E-state index is 11.0. The number of aliphatic hydroxyl groups is 1. The van der Waals surface area contributed by atoms with E-state index in [4.69, 9.17) is 10.2 Å². The summed E-state index contributed by atoms with van der Waals surface area (Å²) in [6, 6.07) is -1.21. The Morgan fingerprint density at radius 3 is 2.31 bits per heavy atom. The Balaban J connectivity index is 4.10. The van der Waals surface area contributed by atoms with Crippen LogP contribution in [0.25, 0.3) is 0 Å². The molecule has 2 atom stereocenters. The zero-order chi connectivity index (χ0) is 10.4. The number of carbonyl (C=O) groups is 2. The third kappa shape index (κ3) is 4.47. The van der Waals surface area contributed by atoms with E-state index in [2.05, 4.69) is 5.32 Å². The molecule has 1 amide bonds. The summed E-state index contributed by atoms with van der Waals surface area (Å²) < 4.78 is 0. The normalized spacial score (nSPS) is 14.7. The number of nitrogens with one attached hydrogen (secondary N) is 1. The van der Waals surface area contributed by atoms with Gasteiger partial charge in [-0.05, 0) is 13.3 Å². The Labute approximate surface area is 76.8 Å². The van der Waals surface area contributed by atoms with Crippen LogP contribution in [0.15, 0.2) is 0 Å². The fourth-order valence-corrected chi connectivity index (χ4v) is 0.861. The predicted octanol–water partition coefficient (Wildman–Crippen LogP) is -0.263. The number of hydrogen-bond donors (Lipinski definition) is 3. The minimum absolute atomic E-state index is 0.274. The zero-order valence-electron chi connectivity index (χ0n) is 7.78. The summed E-state index contributed by atoms with van der Waals surface area (Å²) >= 11 is 0. The lowest BCUT2D eigenvalue weighted by Gasteiger charge is -2.16. The van der Waals surface area contributed by atoms with Crippen molar-refractivity contribution in [3.63, 3.8) is 0 Å². The SMILES string of the molecule is CCCC(=O)N[C@H](C(=O)O)[C@@H](C)O. The third-order valence-electron chi connectivity index (χ3n) is 1.54. The van der Waals surface area contributed by atoms with Gasteiger partial charge in [0.2, 0.25) is 5.91 Å². The standard InChI is InChI=1S/C8H15NO4/c1-3-4-6(11)9-7(5(2)10)8(12)13/h5,7,10H,3-4H2,1-2H3,(H,9,11)(H,12,13)/t5-,7+/m1/s1. The molecule has 0 fully saturated rings. The van der Waals surface area contributed by atoms with Crippen molar-refractivity contribution in [3.05, 3.63) is 0 Å². The van der Waals surface area contributed by atoms with Crippen LogP contribution >= 0.6 is 0 Å². The molecule has 0 unspecified atom stereocenters. The highest BCUT2D eigenvalue weighted by molar-refractivity contribution is 5.83. The molecule has 76 valence electrons. The van der Waals surface area contributed by atoms with Crippen molar-refractivity contribution in [2.24, 2.45) is 0 Å². The van der Waals surface area contributed by atoms with E-state index in [9.17, 15) is 9.59 Å². The molecule has 0 aromatic carbocycles. The lowest BCUT2D eigenvalue weighted by atomic mass is 10.2. The van der Waals surface area contributed by atoms with Crippen LogP contribution in [-0.4, -0.2) is 34.2 Å². The molecule has 0 radical (unpaired) electrons. The summed E-state index contributed by atoms with van der Waals surface area (Å²) in [4.78, 5) is 21.5. The first-order valence-corrected chi connectivity index (χ1v) is 4.19. The summed E-state index contributed by atoms with van der Waals surface area (Å²) in [6.07, 6.45) is -0.160. The Kier molecular flexibility index (Phi) is 5.06. The zero-order valence-corrected chi connectivity index (χ0v) is 7.78. The first-order valence-electron chi connectivity index (χ1n) is 4.19. The Morgan fingerprint density at radius 2 is 2.00 bits per heavy atom. The minimum atomic E-state index is -1.22. The van der Waals surface area contributed by atoms with Crippen LogP contribution in [0.1, 0.15) is 26.7 Å². The van der Waals surface area contributed by atoms with E-state index in [0.717, 1.165) is 0 Å². The second-order valence-electron chi connectivity index (χ2n) is 2.87. The molecule has 0 spiro atoms. The molecule has 0 aliphatic heterocycles. The second kappa shape index (κ2) is 5.53. The van der Waals surface area contributed by atoms with Gasteiger partial charge in [0.25, 0.3) is 0 Å². The molecule has 0 heterocycles. The van der Waals surface area contributed by atoms with Crippen LogP contribution in [0.4, 0.5) is 0 Å². The van der Waals surface area contributed by atoms with E-state index in [1.54, 1.807) is 0 Å². The first-order chi connectivity index (χ1) is 5.99. The van der Waals surface area contributed by atoms with Gasteiger partial charge in [0, 0.05) is 6.42 Å². The van der Waals surface area contributed by atoms with Crippen molar-refractivity contribution in [2.45, 2.75) is 38.8 Å². The van der Waals surface area contributed by atoms with Gasteiger partial charge in [-0.25, -0.2) is 4.79 Å². The lowest BCUT2D eigenvalue weighted by molar-refractivity contribution is -0.144. The van der Waals surface area contributed by atoms with Crippen molar-refractivity contribution in [3.8, 4) is 0 Å². The van der Waals surface area contributed by atoms with Gasteiger partial charge >= 0.3 is 5.97 Å². The van der Waals surface area contributed by atoms with Crippen LogP contribution in [-0.2, 0) is 9.59 Å². The average Bonchev–Trinajstić information content (AvgIpc) is 1.99. The molecule has 5 heteroatoms. The molecule has 3 N–H and O–H groups in total. The molecule has 5 nitrogen and oxygen atoms in total. The van der Waals surface area contributed by atoms with Gasteiger partial charge in [-0.2, -0.15) is 0 Å². The lowest BCUT2D eigenvalue weighted by Crippen LogP contribution is -2.47. The Hall–Kier alpha value is -1.10. The number of rotatable bonds is 5. The Bertz CT molecular complexity index is 191. The van der Waals surface area contributed by atoms with E-state index in [0.29, 0.717) is 6.42 Å². The minimum Gasteiger partial charge on any atom is -0.480 e. The maximum Gasteiger partial charge on any atom is 0.328 e. The van der Waals surface area contributed by atoms with Crippen molar-refractivity contribution in [1.82, 2.24) is 5.32 Å². The number of hydrogen-bond acceptors (Lipinski definition) is 3. The quantitative estimate of drug-likeness (QED) is 0.556. The van der Waals surface area contributed by atoms with E-state index in [1.165, 1.54) is 6.92 Å². The second-order valence-corrected chi connectivity index (χ2v) is 2.87. The molecule has 0 aromatic rings. The molecule has 0 aliphatic rings. The van der Waals surface area contributed by atoms with Gasteiger partial charge in [-0.1, -0.05) is 6.92 Å². The van der Waals surface area contributed by atoms with Crippen molar-refractivity contribution < 1.29 is 19.8 Å². The molecule has 0 saturated heterocycles. The van der Waals surface area contributed by atoms with Gasteiger partial charge in [-0.15, -0.1) is 0 Å². The summed E-state index contributed by atoms with van der Waals surface area (Å²) in [5.74, 6) is -1.57. The van der Waals surface area contributed by atoms with E-state index < -0.39 is 18.1 Å². The van der Waals surface area contributed by atoms with Crippen LogP contribution in [0.2, 0.25) is 0 Å². The third-order valence-corrected chi connectivity index (χ3v) is 1.54. The van der Waals surface area contributed by atoms with Crippen molar-refractivity contribution in [1.29, 1.82) is 0 Å². The van der Waals surface area contributed by atoms with Gasteiger partial charge in [0.05, 0.1) is 6.10 Å². The highest BCUT2D eigenvalue weighted by Gasteiger charge is 2.24. The van der Waals surface area contributed by atoms with Crippen LogP contribution in [0, 0.1) is 0 Å². The van der Waals surface area contributed by atoms with Crippen LogP contribution in [0.5, 0.6) is 0 Å². The Morgan fingerprint density at radius 1 is 1.46 bits per heavy atom. The largest absolute Gasteiger partial charge is 0.480 e. The average molecular weight is 189 g/mol. The predicted molar refractivity (Wildman–Crippen MR) is 46.2 cm³/mol. The maximum atomic E-state index is 11.0. The molecule has 0 aromatic heterocycles. The van der Waals surface area contributed by atoms with Crippen LogP contribution < -0.4 is 5.32 Å². The molecular weight excluding hydrogens is 174 g/mol. The molecule has 0 aliphatic carbocycles. The highest BCUT2D eigenvalue weighted by atomic mass is 16.4. The first kappa shape index (κ1) is 11.9. The fraction of sp³-hybridized carbons (Fsp3) is 0.750. The number of carbonyl (C=O) groups excluding carboxylic acids is 1. The van der Waals surface area contributed by atoms with E-state index >= 15 is 0 Å². The van der Waals surface area contributed by atoms with Crippen LogP contribution in [0.3, 0.4) is 0 Å². The van der Waals surface area contributed by atoms with Gasteiger partial charge in [0.15, 0.2) is 6.04 Å². The molecule has 0 saturated carbocycles. The summed E-state index contributed by atoms with van der Waals surface area (Å²) in [7, 11) is 0. The summed E-state index contributed by atoms with van der Waals surface area (Å²) in [5, 5.41) is 19.8. The number of aliphatic carboxylic acids is 1. The van der Waals surface area contributed by atoms with E-state index in [-0.39, 0.29) is 12.3 Å². The van der Waals surface area contributed by atoms with Crippen molar-refractivity contribution >= 4 is 11.9 Å². The summed E-state index contributed by atoms with van der Waals surface area (Å²) in [5.41, 5.74) is 0. The topological polar surface area (TPSA) is 86.6 Å². The molecule has 0 rings (SSSR count). The molecular formula is C8H15NO4. The number of carboxylic acid groups (broad SMARTS) is 1. The molecule has 0 bridgehead atoms. The molecule has 13 heavy (non-hydrogen) atoms. The van der Waals surface area contributed by atoms with E-state index in [1.807, 2.05) is 6.92 Å². The number of amides is 1. The fourth-order valence-electron chi connectivity index (χ4n) is 0.861. The van der Waals surface area contributed by atoms with Gasteiger partial charge in [0.1, 0.15) is 0 Å². The van der Waals surface area contributed by atoms with Gasteiger partial charge < -0.3 is 15.5 Å². The highest BCUT2D eigenvalue weighted by Crippen LogP contribution is 1.95.